The number of carbonyl (C=O) groups excluding carboxylic acids is 1. The molecule has 2 aromatic rings. The van der Waals surface area contributed by atoms with Gasteiger partial charge in [-0.15, -0.1) is 0 Å². The minimum atomic E-state index is -0.349. The van der Waals surface area contributed by atoms with E-state index in [1.54, 1.807) is 24.3 Å². The van der Waals surface area contributed by atoms with Crippen molar-refractivity contribution in [2.24, 2.45) is 0 Å². The molecule has 156 valence electrons. The van der Waals surface area contributed by atoms with E-state index in [0.29, 0.717) is 26.6 Å². The third kappa shape index (κ3) is 5.56. The standard InChI is InChI=1S/C23H22BrClN2O3/c1-29-21-12-15(10-17(13-26)23(28)27-18-7-3-4-8-18)11-19(24)22(21)30-14-16-6-2-5-9-20(16)25/h2,5-6,9-12,18H,3-4,7-8,14H2,1H3,(H,27,28)/b17-10+. The van der Waals surface area contributed by atoms with Crippen molar-refractivity contribution in [1.29, 1.82) is 5.26 Å². The number of methoxy groups -OCH3 is 1. The van der Waals surface area contributed by atoms with Crippen molar-refractivity contribution in [2.75, 3.05) is 7.11 Å². The molecule has 0 unspecified atom stereocenters. The van der Waals surface area contributed by atoms with Crippen LogP contribution in [0.4, 0.5) is 0 Å². The molecule has 0 atom stereocenters. The molecule has 30 heavy (non-hydrogen) atoms. The van der Waals surface area contributed by atoms with Gasteiger partial charge in [-0.1, -0.05) is 42.6 Å². The predicted octanol–water partition coefficient (Wildman–Crippen LogP) is 5.66. The lowest BCUT2D eigenvalue weighted by Gasteiger charge is -2.14. The summed E-state index contributed by atoms with van der Waals surface area (Å²) >= 11 is 9.69. The van der Waals surface area contributed by atoms with Gasteiger partial charge in [0.25, 0.3) is 5.91 Å². The zero-order valence-corrected chi connectivity index (χ0v) is 18.9. The molecule has 7 heteroatoms. The Morgan fingerprint density at radius 2 is 2.07 bits per heavy atom. The summed E-state index contributed by atoms with van der Waals surface area (Å²) in [4.78, 5) is 12.5. The fourth-order valence-electron chi connectivity index (χ4n) is 3.38. The first kappa shape index (κ1) is 22.2. The summed E-state index contributed by atoms with van der Waals surface area (Å²) < 4.78 is 12.0. The van der Waals surface area contributed by atoms with Gasteiger partial charge in [0.05, 0.1) is 11.6 Å². The van der Waals surface area contributed by atoms with Gasteiger partial charge in [-0.25, -0.2) is 0 Å². The number of carbonyl (C=O) groups is 1. The average molecular weight is 490 g/mol. The Labute approximate surface area is 189 Å². The highest BCUT2D eigenvalue weighted by atomic mass is 79.9. The quantitative estimate of drug-likeness (QED) is 0.403. The van der Waals surface area contributed by atoms with Crippen molar-refractivity contribution in [3.63, 3.8) is 0 Å². The van der Waals surface area contributed by atoms with Crippen LogP contribution in [-0.4, -0.2) is 19.1 Å². The molecule has 0 bridgehead atoms. The van der Waals surface area contributed by atoms with E-state index in [9.17, 15) is 10.1 Å². The van der Waals surface area contributed by atoms with Crippen LogP contribution >= 0.6 is 27.5 Å². The molecule has 0 spiro atoms. The Hall–Kier alpha value is -2.49. The van der Waals surface area contributed by atoms with E-state index in [1.165, 1.54) is 7.11 Å². The molecule has 0 saturated heterocycles. The van der Waals surface area contributed by atoms with E-state index in [0.717, 1.165) is 31.2 Å². The third-order valence-electron chi connectivity index (χ3n) is 4.95. The van der Waals surface area contributed by atoms with Crippen LogP contribution in [0.1, 0.15) is 36.8 Å². The number of ether oxygens (including phenoxy) is 2. The third-order valence-corrected chi connectivity index (χ3v) is 5.91. The molecule has 1 aliphatic carbocycles. The Kier molecular flexibility index (Phi) is 7.78. The van der Waals surface area contributed by atoms with Gasteiger partial charge in [-0.2, -0.15) is 5.26 Å². The zero-order valence-electron chi connectivity index (χ0n) is 16.6. The summed E-state index contributed by atoms with van der Waals surface area (Å²) in [5.41, 5.74) is 1.56. The van der Waals surface area contributed by atoms with Crippen LogP contribution in [0, 0.1) is 11.3 Å². The lowest BCUT2D eigenvalue weighted by molar-refractivity contribution is -0.117. The highest BCUT2D eigenvalue weighted by Gasteiger charge is 2.20. The number of halogens is 2. The predicted molar refractivity (Wildman–Crippen MR) is 120 cm³/mol. The first-order valence-corrected chi connectivity index (χ1v) is 10.8. The highest BCUT2D eigenvalue weighted by Crippen LogP contribution is 2.38. The van der Waals surface area contributed by atoms with Crippen LogP contribution in [0.2, 0.25) is 5.02 Å². The summed E-state index contributed by atoms with van der Waals surface area (Å²) in [5, 5.41) is 13.0. The maximum Gasteiger partial charge on any atom is 0.262 e. The Morgan fingerprint density at radius 1 is 1.33 bits per heavy atom. The number of amides is 1. The topological polar surface area (TPSA) is 71.3 Å². The van der Waals surface area contributed by atoms with E-state index in [2.05, 4.69) is 21.2 Å². The summed E-state index contributed by atoms with van der Waals surface area (Å²) in [7, 11) is 1.54. The summed E-state index contributed by atoms with van der Waals surface area (Å²) in [5.74, 6) is 0.651. The molecule has 0 aliphatic heterocycles. The molecule has 1 amide bonds. The first-order chi connectivity index (χ1) is 14.5. The minimum Gasteiger partial charge on any atom is -0.493 e. The van der Waals surface area contributed by atoms with Gasteiger partial charge in [0.1, 0.15) is 18.2 Å². The smallest absolute Gasteiger partial charge is 0.262 e. The van der Waals surface area contributed by atoms with E-state index >= 15 is 0 Å². The molecule has 1 aliphatic rings. The normalized spacial score (nSPS) is 14.3. The zero-order chi connectivity index (χ0) is 21.5. The number of hydrogen-bond donors (Lipinski definition) is 1. The van der Waals surface area contributed by atoms with Crippen molar-refractivity contribution >= 4 is 39.5 Å². The molecule has 0 heterocycles. The molecular weight excluding hydrogens is 468 g/mol. The van der Waals surface area contributed by atoms with E-state index in [1.807, 2.05) is 24.3 Å². The summed E-state index contributed by atoms with van der Waals surface area (Å²) in [6.07, 6.45) is 5.69. The van der Waals surface area contributed by atoms with Gasteiger partial charge in [0, 0.05) is 16.6 Å². The SMILES string of the molecule is COc1cc(/C=C(\C#N)C(=O)NC2CCCC2)cc(Br)c1OCc1ccccc1Cl. The lowest BCUT2D eigenvalue weighted by Crippen LogP contribution is -2.33. The first-order valence-electron chi connectivity index (χ1n) is 9.68. The molecule has 1 fully saturated rings. The molecule has 5 nitrogen and oxygen atoms in total. The van der Waals surface area contributed by atoms with E-state index < -0.39 is 0 Å². The average Bonchev–Trinajstić information content (AvgIpc) is 3.24. The maximum absolute atomic E-state index is 12.5. The number of benzene rings is 2. The van der Waals surface area contributed by atoms with Gasteiger partial charge < -0.3 is 14.8 Å². The van der Waals surface area contributed by atoms with Crippen LogP contribution in [0.3, 0.4) is 0 Å². The fourth-order valence-corrected chi connectivity index (χ4v) is 4.14. The van der Waals surface area contributed by atoms with Crippen molar-refractivity contribution in [2.45, 2.75) is 38.3 Å². The number of nitrogens with zero attached hydrogens (tertiary/aromatic N) is 1. The van der Waals surface area contributed by atoms with Crippen LogP contribution in [0.15, 0.2) is 46.4 Å². The summed E-state index contributed by atoms with van der Waals surface area (Å²) in [6, 6.07) is 13.1. The largest absolute Gasteiger partial charge is 0.493 e. The van der Waals surface area contributed by atoms with Crippen LogP contribution in [0.25, 0.3) is 6.08 Å². The highest BCUT2D eigenvalue weighted by molar-refractivity contribution is 9.10. The second-order valence-electron chi connectivity index (χ2n) is 7.04. The molecule has 2 aromatic carbocycles. The number of hydrogen-bond acceptors (Lipinski definition) is 4. The molecule has 0 radical (unpaired) electrons. The van der Waals surface area contributed by atoms with E-state index in [4.69, 9.17) is 21.1 Å². The van der Waals surface area contributed by atoms with Crippen molar-refractivity contribution in [3.05, 3.63) is 62.6 Å². The lowest BCUT2D eigenvalue weighted by atomic mass is 10.1. The molecular formula is C23H22BrClN2O3. The minimum absolute atomic E-state index is 0.0561. The van der Waals surface area contributed by atoms with Crippen LogP contribution in [0.5, 0.6) is 11.5 Å². The van der Waals surface area contributed by atoms with Gasteiger partial charge in [0.15, 0.2) is 11.5 Å². The molecule has 3 rings (SSSR count). The molecule has 1 N–H and O–H groups in total. The second kappa shape index (κ2) is 10.5. The molecule has 0 aromatic heterocycles. The Bertz CT molecular complexity index is 994. The maximum atomic E-state index is 12.5. The summed E-state index contributed by atoms with van der Waals surface area (Å²) in [6.45, 7) is 0.275. The van der Waals surface area contributed by atoms with Gasteiger partial charge in [-0.3, -0.25) is 4.79 Å². The van der Waals surface area contributed by atoms with E-state index in [-0.39, 0.29) is 24.1 Å². The van der Waals surface area contributed by atoms with Crippen molar-refractivity contribution in [1.82, 2.24) is 5.32 Å². The monoisotopic (exact) mass is 488 g/mol. The Morgan fingerprint density at radius 3 is 2.73 bits per heavy atom. The second-order valence-corrected chi connectivity index (χ2v) is 8.30. The Balaban J connectivity index is 1.79. The fraction of sp³-hybridized carbons (Fsp3) is 0.304. The number of nitriles is 1. The van der Waals surface area contributed by atoms with Crippen molar-refractivity contribution in [3.8, 4) is 17.6 Å². The van der Waals surface area contributed by atoms with Crippen LogP contribution in [-0.2, 0) is 11.4 Å². The number of rotatable bonds is 7. The molecule has 1 saturated carbocycles. The van der Waals surface area contributed by atoms with Gasteiger partial charge in [-0.05, 0) is 58.6 Å². The van der Waals surface area contributed by atoms with Gasteiger partial charge in [0.2, 0.25) is 0 Å². The number of nitrogens with one attached hydrogen (secondary N) is 1. The van der Waals surface area contributed by atoms with Crippen LogP contribution < -0.4 is 14.8 Å². The van der Waals surface area contributed by atoms with Crippen molar-refractivity contribution < 1.29 is 14.3 Å². The van der Waals surface area contributed by atoms with Gasteiger partial charge >= 0.3 is 0 Å².